The molecule has 0 unspecified atom stereocenters. The molecule has 2 fully saturated rings. The maximum atomic E-state index is 12.3. The highest BCUT2D eigenvalue weighted by atomic mass is 16.6. The molecule has 0 bridgehead atoms. The number of allylic oxidation sites excluding steroid dienone is 1. The first-order valence-electron chi connectivity index (χ1n) is 8.24. The number of amides is 1. The molecule has 1 saturated carbocycles. The summed E-state index contributed by atoms with van der Waals surface area (Å²) in [6.45, 7) is 5.30. The van der Waals surface area contributed by atoms with Crippen LogP contribution in [0.15, 0.2) is 11.6 Å². The first kappa shape index (κ1) is 16.5. The number of nitrogens with one attached hydrogen (secondary N) is 1. The van der Waals surface area contributed by atoms with Gasteiger partial charge in [-0.2, -0.15) is 0 Å². The summed E-state index contributed by atoms with van der Waals surface area (Å²) in [6, 6.07) is 0. The van der Waals surface area contributed by atoms with Crippen molar-refractivity contribution in [1.82, 2.24) is 5.32 Å². The lowest BCUT2D eigenvalue weighted by Gasteiger charge is -2.34. The van der Waals surface area contributed by atoms with Gasteiger partial charge < -0.3 is 20.3 Å². The highest BCUT2D eigenvalue weighted by Crippen LogP contribution is 2.52. The molecule has 1 aliphatic heterocycles. The molecular formula is C17H25NO5. The van der Waals surface area contributed by atoms with Crippen molar-refractivity contribution in [3.8, 4) is 0 Å². The molecule has 6 nitrogen and oxygen atoms in total. The second-order valence-electron chi connectivity index (χ2n) is 7.47. The fraction of sp³-hybridized carbons (Fsp3) is 0.765. The quantitative estimate of drug-likeness (QED) is 0.504. The van der Waals surface area contributed by atoms with Crippen molar-refractivity contribution in [3.63, 3.8) is 0 Å². The summed E-state index contributed by atoms with van der Waals surface area (Å²) < 4.78 is 5.64. The highest BCUT2D eigenvalue weighted by Gasteiger charge is 2.59. The van der Waals surface area contributed by atoms with E-state index in [0.717, 1.165) is 12.0 Å². The first-order chi connectivity index (χ1) is 10.7. The minimum Gasteiger partial charge on any atom is -0.461 e. The number of carbonyl (C=O) groups is 2. The van der Waals surface area contributed by atoms with Crippen LogP contribution in [0, 0.1) is 23.7 Å². The zero-order valence-electron chi connectivity index (χ0n) is 13.8. The molecule has 1 saturated heterocycles. The normalized spacial score (nSPS) is 45.6. The zero-order chi connectivity index (χ0) is 16.9. The maximum Gasteiger partial charge on any atom is 0.311 e. The highest BCUT2D eigenvalue weighted by molar-refractivity contribution is 5.78. The Morgan fingerprint density at radius 2 is 2.22 bits per heavy atom. The van der Waals surface area contributed by atoms with Crippen LogP contribution in [0.3, 0.4) is 0 Å². The van der Waals surface area contributed by atoms with E-state index in [9.17, 15) is 19.8 Å². The van der Waals surface area contributed by atoms with Crippen LogP contribution in [0.1, 0.15) is 33.6 Å². The van der Waals surface area contributed by atoms with E-state index in [1.165, 1.54) is 6.92 Å². The second kappa shape index (κ2) is 5.60. The molecular weight excluding hydrogens is 298 g/mol. The van der Waals surface area contributed by atoms with E-state index >= 15 is 0 Å². The van der Waals surface area contributed by atoms with E-state index in [2.05, 4.69) is 11.4 Å². The third-order valence-electron chi connectivity index (χ3n) is 5.84. The maximum absolute atomic E-state index is 12.3. The number of fused-ring (bicyclic) bond motifs is 3. The predicted molar refractivity (Wildman–Crippen MR) is 82.1 cm³/mol. The van der Waals surface area contributed by atoms with Gasteiger partial charge in [0.2, 0.25) is 5.91 Å². The van der Waals surface area contributed by atoms with Crippen LogP contribution in [0.4, 0.5) is 0 Å². The van der Waals surface area contributed by atoms with E-state index in [0.29, 0.717) is 0 Å². The minimum atomic E-state index is -1.01. The number of carbonyl (C=O) groups excluding carboxylic acids is 2. The Morgan fingerprint density at radius 1 is 1.52 bits per heavy atom. The number of ether oxygens (including phenoxy) is 1. The van der Waals surface area contributed by atoms with Crippen molar-refractivity contribution in [3.05, 3.63) is 11.6 Å². The van der Waals surface area contributed by atoms with E-state index in [1.54, 1.807) is 6.92 Å². The van der Waals surface area contributed by atoms with Gasteiger partial charge in [-0.15, -0.1) is 0 Å². The topological polar surface area (TPSA) is 95.9 Å². The van der Waals surface area contributed by atoms with Gasteiger partial charge in [0.25, 0.3) is 0 Å². The van der Waals surface area contributed by atoms with Gasteiger partial charge in [-0.3, -0.25) is 9.59 Å². The zero-order valence-corrected chi connectivity index (χ0v) is 13.8. The Morgan fingerprint density at radius 3 is 2.87 bits per heavy atom. The summed E-state index contributed by atoms with van der Waals surface area (Å²) in [5.41, 5.74) is 0.0977. The Labute approximate surface area is 135 Å². The van der Waals surface area contributed by atoms with Crippen LogP contribution in [0.25, 0.3) is 0 Å². The lowest BCUT2D eigenvalue weighted by Crippen LogP contribution is -2.41. The molecule has 2 aliphatic carbocycles. The lowest BCUT2D eigenvalue weighted by molar-refractivity contribution is -0.147. The van der Waals surface area contributed by atoms with Gasteiger partial charge >= 0.3 is 5.97 Å². The first-order valence-corrected chi connectivity index (χ1v) is 8.24. The van der Waals surface area contributed by atoms with Crippen LogP contribution in [-0.2, 0) is 14.3 Å². The monoisotopic (exact) mass is 323 g/mol. The van der Waals surface area contributed by atoms with Gasteiger partial charge in [0.05, 0.1) is 17.6 Å². The Balaban J connectivity index is 1.93. The largest absolute Gasteiger partial charge is 0.461 e. The SMILES string of the molecule is CC(=O)NC[C@H]1C(=O)O[C@@H]2[C@H]3C(C)=CC[C@H]3[C@](C)(O)C[C@H](O)[C@H]21. The van der Waals surface area contributed by atoms with Crippen molar-refractivity contribution in [2.75, 3.05) is 6.54 Å². The lowest BCUT2D eigenvalue weighted by atomic mass is 9.76. The van der Waals surface area contributed by atoms with E-state index in [1.807, 2.05) is 6.92 Å². The number of hydrogen-bond acceptors (Lipinski definition) is 5. The molecule has 6 heteroatoms. The molecule has 0 radical (unpaired) electrons. The smallest absolute Gasteiger partial charge is 0.311 e. The molecule has 3 N–H and O–H groups in total. The van der Waals surface area contributed by atoms with Crippen LogP contribution >= 0.6 is 0 Å². The van der Waals surface area contributed by atoms with Crippen molar-refractivity contribution >= 4 is 11.9 Å². The van der Waals surface area contributed by atoms with Gasteiger partial charge in [-0.1, -0.05) is 11.6 Å². The van der Waals surface area contributed by atoms with Gasteiger partial charge in [-0.25, -0.2) is 0 Å². The van der Waals surface area contributed by atoms with E-state index < -0.39 is 29.6 Å². The van der Waals surface area contributed by atoms with Crippen LogP contribution in [0.5, 0.6) is 0 Å². The second-order valence-corrected chi connectivity index (χ2v) is 7.47. The van der Waals surface area contributed by atoms with Crippen LogP contribution in [-0.4, -0.2) is 46.4 Å². The molecule has 3 rings (SSSR count). The summed E-state index contributed by atoms with van der Waals surface area (Å²) >= 11 is 0. The number of hydrogen-bond donors (Lipinski definition) is 3. The van der Waals surface area contributed by atoms with Gasteiger partial charge in [0.15, 0.2) is 0 Å². The molecule has 3 aliphatic rings. The number of rotatable bonds is 2. The minimum absolute atomic E-state index is 0.0560. The molecule has 0 aromatic rings. The molecule has 23 heavy (non-hydrogen) atoms. The predicted octanol–water partition coefficient (Wildman–Crippen LogP) is 0.378. The molecule has 0 aromatic heterocycles. The van der Waals surface area contributed by atoms with Crippen LogP contribution in [0.2, 0.25) is 0 Å². The van der Waals surface area contributed by atoms with Gasteiger partial charge in [0, 0.05) is 37.6 Å². The summed E-state index contributed by atoms with van der Waals surface area (Å²) in [7, 11) is 0. The van der Waals surface area contributed by atoms with Gasteiger partial charge in [-0.05, 0) is 20.3 Å². The molecule has 128 valence electrons. The molecule has 1 amide bonds. The molecule has 7 atom stereocenters. The third kappa shape index (κ3) is 2.68. The fourth-order valence-corrected chi connectivity index (χ4v) is 4.71. The van der Waals surface area contributed by atoms with E-state index in [4.69, 9.17) is 4.74 Å². The summed E-state index contributed by atoms with van der Waals surface area (Å²) in [5.74, 6) is -1.68. The van der Waals surface area contributed by atoms with Crippen LogP contribution < -0.4 is 5.32 Å². The number of aliphatic hydroxyl groups is 2. The summed E-state index contributed by atoms with van der Waals surface area (Å²) in [4.78, 5) is 23.5. The fourth-order valence-electron chi connectivity index (χ4n) is 4.71. The average Bonchev–Trinajstić information content (AvgIpc) is 2.94. The van der Waals surface area contributed by atoms with Crippen molar-refractivity contribution < 1.29 is 24.5 Å². The summed E-state index contributed by atoms with van der Waals surface area (Å²) in [6.07, 6.45) is 1.76. The average molecular weight is 323 g/mol. The van der Waals surface area contributed by atoms with Crippen molar-refractivity contribution in [2.45, 2.75) is 51.4 Å². The number of esters is 1. The third-order valence-corrected chi connectivity index (χ3v) is 5.84. The van der Waals surface area contributed by atoms with Gasteiger partial charge in [0.1, 0.15) is 6.10 Å². The molecule has 0 spiro atoms. The molecule has 1 heterocycles. The Hall–Kier alpha value is -1.40. The standard InChI is InChI=1S/C17H25NO5/c1-8-4-5-11-13(8)15-14(12(20)6-17(11,3)22)10(16(21)23-15)7-18-9(2)19/h4,10-15,20,22H,5-7H2,1-3H3,(H,18,19)/t10-,11-,12+,13+,14-,15-,17-/m1/s1. The summed E-state index contributed by atoms with van der Waals surface area (Å²) in [5, 5.41) is 24.2. The van der Waals surface area contributed by atoms with Crippen molar-refractivity contribution in [1.29, 1.82) is 0 Å². The molecule has 0 aromatic carbocycles. The Bertz CT molecular complexity index is 555. The Kier molecular flexibility index (Phi) is 4.01. The van der Waals surface area contributed by atoms with Crippen molar-refractivity contribution in [2.24, 2.45) is 23.7 Å². The number of aliphatic hydroxyl groups excluding tert-OH is 1. The van der Waals surface area contributed by atoms with E-state index in [-0.39, 0.29) is 36.7 Å².